The summed E-state index contributed by atoms with van der Waals surface area (Å²) in [4.78, 5) is 0. The molecule has 0 atom stereocenters. The fourth-order valence-electron chi connectivity index (χ4n) is 1.19. The molecule has 2 aromatic rings. The highest BCUT2D eigenvalue weighted by molar-refractivity contribution is 5.55. The molecule has 0 bridgehead atoms. The van der Waals surface area contributed by atoms with Gasteiger partial charge in [0.05, 0.1) is 7.11 Å². The molecule has 6 nitrogen and oxygen atoms in total. The molecule has 0 fully saturated rings. The summed E-state index contributed by atoms with van der Waals surface area (Å²) in [5.74, 6) is 1.68. The molecule has 0 unspecified atom stereocenters. The maximum Gasteiger partial charge on any atom is 0.261 e. The number of aromatic nitrogens is 4. The topological polar surface area (TPSA) is 72.8 Å². The van der Waals surface area contributed by atoms with E-state index in [0.29, 0.717) is 11.8 Å². The van der Waals surface area contributed by atoms with Gasteiger partial charge in [-0.2, -0.15) is 0 Å². The van der Waals surface area contributed by atoms with Gasteiger partial charge in [-0.15, -0.1) is 20.4 Å². The van der Waals surface area contributed by atoms with Crippen LogP contribution in [0.5, 0.6) is 5.75 Å². The van der Waals surface area contributed by atoms with Gasteiger partial charge in [-0.1, -0.05) is 0 Å². The standard InChI is InChI=1S/C10H11N5O/c1-11-10-14-12-9(13-15-10)7-3-5-8(16-2)6-4-7/h3-6H,1-2H3,(H,11,14,15). The van der Waals surface area contributed by atoms with Crippen LogP contribution < -0.4 is 10.1 Å². The van der Waals surface area contributed by atoms with Crippen LogP contribution in [0, 0.1) is 0 Å². The van der Waals surface area contributed by atoms with Crippen LogP contribution in [0.3, 0.4) is 0 Å². The molecule has 0 spiro atoms. The number of hydrogen-bond donors (Lipinski definition) is 1. The van der Waals surface area contributed by atoms with E-state index in [-0.39, 0.29) is 0 Å². The second-order valence-corrected chi connectivity index (χ2v) is 3.03. The summed E-state index contributed by atoms with van der Waals surface area (Å²) in [6, 6.07) is 7.39. The summed E-state index contributed by atoms with van der Waals surface area (Å²) < 4.78 is 5.06. The Morgan fingerprint density at radius 3 is 2.12 bits per heavy atom. The molecule has 0 saturated heterocycles. The number of nitrogens with one attached hydrogen (secondary N) is 1. The highest BCUT2D eigenvalue weighted by Crippen LogP contribution is 2.17. The Bertz CT molecular complexity index is 408. The Hall–Kier alpha value is -2.24. The van der Waals surface area contributed by atoms with Crippen molar-refractivity contribution in [2.24, 2.45) is 0 Å². The van der Waals surface area contributed by atoms with E-state index in [0.717, 1.165) is 11.3 Å². The average molecular weight is 217 g/mol. The third-order valence-corrected chi connectivity index (χ3v) is 2.05. The van der Waals surface area contributed by atoms with Crippen molar-refractivity contribution in [1.82, 2.24) is 20.4 Å². The number of benzene rings is 1. The summed E-state index contributed by atoms with van der Waals surface area (Å²) in [5.41, 5.74) is 0.850. The Balaban J connectivity index is 2.28. The van der Waals surface area contributed by atoms with E-state index in [4.69, 9.17) is 4.74 Å². The molecule has 0 aliphatic heterocycles. The summed E-state index contributed by atoms with van der Waals surface area (Å²) >= 11 is 0. The van der Waals surface area contributed by atoms with Gasteiger partial charge in [0.1, 0.15) is 5.75 Å². The second kappa shape index (κ2) is 4.52. The number of nitrogens with zero attached hydrogens (tertiary/aromatic N) is 4. The molecular weight excluding hydrogens is 206 g/mol. The van der Waals surface area contributed by atoms with Crippen LogP contribution >= 0.6 is 0 Å². The van der Waals surface area contributed by atoms with E-state index in [1.54, 1.807) is 14.2 Å². The highest BCUT2D eigenvalue weighted by Gasteiger charge is 2.03. The van der Waals surface area contributed by atoms with Crippen LogP contribution in [0.4, 0.5) is 5.95 Å². The second-order valence-electron chi connectivity index (χ2n) is 3.03. The first-order chi connectivity index (χ1) is 7.83. The van der Waals surface area contributed by atoms with Gasteiger partial charge in [0, 0.05) is 12.6 Å². The van der Waals surface area contributed by atoms with E-state index in [2.05, 4.69) is 25.7 Å². The molecular formula is C10H11N5O. The van der Waals surface area contributed by atoms with Crippen LogP contribution in [0.2, 0.25) is 0 Å². The Labute approximate surface area is 92.7 Å². The van der Waals surface area contributed by atoms with E-state index >= 15 is 0 Å². The van der Waals surface area contributed by atoms with Crippen molar-refractivity contribution in [3.63, 3.8) is 0 Å². The summed E-state index contributed by atoms with van der Waals surface area (Å²) in [5, 5.41) is 18.4. The molecule has 82 valence electrons. The zero-order valence-electron chi connectivity index (χ0n) is 9.01. The van der Waals surface area contributed by atoms with Gasteiger partial charge in [-0.05, 0) is 24.3 Å². The van der Waals surface area contributed by atoms with E-state index in [9.17, 15) is 0 Å². The normalized spacial score (nSPS) is 9.88. The van der Waals surface area contributed by atoms with Crippen molar-refractivity contribution < 1.29 is 4.74 Å². The average Bonchev–Trinajstić information content (AvgIpc) is 2.39. The first kappa shape index (κ1) is 10.3. The van der Waals surface area contributed by atoms with Gasteiger partial charge in [0.15, 0.2) is 0 Å². The van der Waals surface area contributed by atoms with Crippen LogP contribution in [0.15, 0.2) is 24.3 Å². The quantitative estimate of drug-likeness (QED) is 0.826. The van der Waals surface area contributed by atoms with Crippen LogP contribution in [-0.4, -0.2) is 34.6 Å². The van der Waals surface area contributed by atoms with E-state index < -0.39 is 0 Å². The lowest BCUT2D eigenvalue weighted by Gasteiger charge is -2.01. The summed E-state index contributed by atoms with van der Waals surface area (Å²) in [7, 11) is 3.34. The number of methoxy groups -OCH3 is 1. The molecule has 1 heterocycles. The zero-order chi connectivity index (χ0) is 11.4. The molecule has 1 aromatic heterocycles. The van der Waals surface area contributed by atoms with Crippen molar-refractivity contribution in [3.05, 3.63) is 24.3 Å². The number of anilines is 1. The van der Waals surface area contributed by atoms with Crippen molar-refractivity contribution in [1.29, 1.82) is 0 Å². The fourth-order valence-corrected chi connectivity index (χ4v) is 1.19. The Kier molecular flexibility index (Phi) is 2.90. The molecule has 0 saturated carbocycles. The number of hydrogen-bond acceptors (Lipinski definition) is 6. The fraction of sp³-hybridized carbons (Fsp3) is 0.200. The molecule has 2 rings (SSSR count). The molecule has 16 heavy (non-hydrogen) atoms. The van der Waals surface area contributed by atoms with Gasteiger partial charge in [-0.3, -0.25) is 0 Å². The largest absolute Gasteiger partial charge is 0.497 e. The van der Waals surface area contributed by atoms with Gasteiger partial charge < -0.3 is 10.1 Å². The maximum atomic E-state index is 5.06. The minimum Gasteiger partial charge on any atom is -0.497 e. The lowest BCUT2D eigenvalue weighted by Crippen LogP contribution is -2.02. The van der Waals surface area contributed by atoms with Crippen LogP contribution in [0.1, 0.15) is 0 Å². The molecule has 1 N–H and O–H groups in total. The van der Waals surface area contributed by atoms with Gasteiger partial charge in [-0.25, -0.2) is 0 Å². The molecule has 1 aromatic carbocycles. The van der Waals surface area contributed by atoms with E-state index in [1.807, 2.05) is 24.3 Å². The van der Waals surface area contributed by atoms with E-state index in [1.165, 1.54) is 0 Å². The molecule has 0 amide bonds. The first-order valence-electron chi connectivity index (χ1n) is 4.73. The highest BCUT2D eigenvalue weighted by atomic mass is 16.5. The van der Waals surface area contributed by atoms with Crippen molar-refractivity contribution >= 4 is 5.95 Å². The molecule has 0 aliphatic rings. The van der Waals surface area contributed by atoms with Crippen molar-refractivity contribution in [2.45, 2.75) is 0 Å². The maximum absolute atomic E-state index is 5.06. The smallest absolute Gasteiger partial charge is 0.261 e. The molecule has 0 aliphatic carbocycles. The molecule has 6 heteroatoms. The van der Waals surface area contributed by atoms with Crippen molar-refractivity contribution in [3.8, 4) is 17.1 Å². The predicted octanol–water partition coefficient (Wildman–Crippen LogP) is 0.984. The van der Waals surface area contributed by atoms with Gasteiger partial charge >= 0.3 is 0 Å². The zero-order valence-corrected chi connectivity index (χ0v) is 9.01. The van der Waals surface area contributed by atoms with Gasteiger partial charge in [0.25, 0.3) is 5.95 Å². The number of ether oxygens (including phenoxy) is 1. The Morgan fingerprint density at radius 1 is 1.00 bits per heavy atom. The van der Waals surface area contributed by atoms with Crippen LogP contribution in [0.25, 0.3) is 11.4 Å². The molecule has 0 radical (unpaired) electrons. The Morgan fingerprint density at radius 2 is 1.62 bits per heavy atom. The lowest BCUT2D eigenvalue weighted by molar-refractivity contribution is 0.415. The predicted molar refractivity (Wildman–Crippen MR) is 59.2 cm³/mol. The van der Waals surface area contributed by atoms with Crippen molar-refractivity contribution in [2.75, 3.05) is 19.5 Å². The number of rotatable bonds is 3. The van der Waals surface area contributed by atoms with Gasteiger partial charge in [0.2, 0.25) is 5.82 Å². The van der Waals surface area contributed by atoms with Crippen LogP contribution in [-0.2, 0) is 0 Å². The SMILES string of the molecule is CNc1nnc(-c2ccc(OC)cc2)nn1. The summed E-state index contributed by atoms with van der Waals surface area (Å²) in [6.45, 7) is 0. The summed E-state index contributed by atoms with van der Waals surface area (Å²) in [6.07, 6.45) is 0. The third kappa shape index (κ3) is 2.05. The first-order valence-corrected chi connectivity index (χ1v) is 4.73. The minimum atomic E-state index is 0.400. The monoisotopic (exact) mass is 217 g/mol. The third-order valence-electron chi connectivity index (χ3n) is 2.05. The minimum absolute atomic E-state index is 0.400. The lowest BCUT2D eigenvalue weighted by atomic mass is 10.2.